The predicted octanol–water partition coefficient (Wildman–Crippen LogP) is 2.26. The summed E-state index contributed by atoms with van der Waals surface area (Å²) >= 11 is 0. The minimum Gasteiger partial charge on any atom is -0.438 e. The van der Waals surface area contributed by atoms with Crippen LogP contribution in [0.3, 0.4) is 0 Å². The summed E-state index contributed by atoms with van der Waals surface area (Å²) in [6, 6.07) is 7.21. The highest BCUT2D eigenvalue weighted by atomic mass is 16.3. The van der Waals surface area contributed by atoms with Crippen LogP contribution < -0.4 is 5.32 Å². The Labute approximate surface area is 134 Å². The van der Waals surface area contributed by atoms with Crippen LogP contribution in [0.5, 0.6) is 0 Å². The van der Waals surface area contributed by atoms with Crippen molar-refractivity contribution >= 4 is 22.9 Å². The van der Waals surface area contributed by atoms with Crippen LogP contribution in [-0.4, -0.2) is 34.8 Å². The third kappa shape index (κ3) is 3.36. The Morgan fingerprint density at radius 2 is 2.17 bits per heavy atom. The number of rotatable bonds is 3. The third-order valence-electron chi connectivity index (χ3n) is 4.28. The first-order valence-electron chi connectivity index (χ1n) is 7.96. The lowest BCUT2D eigenvalue weighted by Gasteiger charge is -2.31. The molecule has 6 nitrogen and oxygen atoms in total. The highest BCUT2D eigenvalue weighted by molar-refractivity contribution is 5.81. The fourth-order valence-electron chi connectivity index (χ4n) is 2.95. The van der Waals surface area contributed by atoms with Crippen molar-refractivity contribution in [2.24, 2.45) is 5.92 Å². The zero-order valence-corrected chi connectivity index (χ0v) is 13.4. The minimum absolute atomic E-state index is 0.0227. The van der Waals surface area contributed by atoms with Crippen LogP contribution in [0.1, 0.15) is 38.6 Å². The van der Waals surface area contributed by atoms with E-state index in [0.717, 1.165) is 24.9 Å². The number of fused-ring (bicyclic) bond motifs is 1. The molecule has 1 N–H and O–H groups in total. The van der Waals surface area contributed by atoms with E-state index < -0.39 is 0 Å². The lowest BCUT2D eigenvalue weighted by atomic mass is 9.97. The molecule has 0 radical (unpaired) electrons. The van der Waals surface area contributed by atoms with Gasteiger partial charge in [0.1, 0.15) is 11.6 Å². The van der Waals surface area contributed by atoms with Gasteiger partial charge in [-0.15, -0.1) is 0 Å². The zero-order valence-electron chi connectivity index (χ0n) is 13.4. The fourth-order valence-corrected chi connectivity index (χ4v) is 2.95. The normalized spacial score (nSPS) is 19.6. The molecule has 3 rings (SSSR count). The van der Waals surface area contributed by atoms with Crippen LogP contribution in [0.4, 0.5) is 0 Å². The molecule has 2 heterocycles. The number of amides is 2. The Morgan fingerprint density at radius 3 is 2.91 bits per heavy atom. The summed E-state index contributed by atoms with van der Waals surface area (Å²) in [6.45, 7) is 4.62. The van der Waals surface area contributed by atoms with Gasteiger partial charge in [0.2, 0.25) is 17.7 Å². The van der Waals surface area contributed by atoms with E-state index in [1.54, 1.807) is 11.8 Å². The Bertz CT molecular complexity index is 692. The molecule has 0 saturated carbocycles. The van der Waals surface area contributed by atoms with Crippen LogP contribution in [0.25, 0.3) is 11.1 Å². The summed E-state index contributed by atoms with van der Waals surface area (Å²) in [4.78, 5) is 30.1. The molecule has 0 spiro atoms. The Balaban J connectivity index is 1.65. The molecule has 0 aliphatic carbocycles. The number of nitrogens with one attached hydrogen (secondary N) is 1. The van der Waals surface area contributed by atoms with Crippen molar-refractivity contribution in [2.45, 2.75) is 32.7 Å². The quantitative estimate of drug-likeness (QED) is 0.942. The van der Waals surface area contributed by atoms with Gasteiger partial charge < -0.3 is 14.6 Å². The first kappa shape index (κ1) is 15.5. The van der Waals surface area contributed by atoms with Gasteiger partial charge in [0, 0.05) is 20.0 Å². The standard InChI is InChI=1S/C17H21N3O3/c1-11(17-19-14-7-3-4-8-15(14)23-17)18-16(22)13-6-5-9-20(10-13)12(2)21/h3-4,7-8,11,13H,5-6,9-10H2,1-2H3,(H,18,22). The number of carbonyl (C=O) groups is 2. The maximum Gasteiger partial charge on any atom is 0.225 e. The first-order chi connectivity index (χ1) is 11.0. The van der Waals surface area contributed by atoms with Crippen LogP contribution in [-0.2, 0) is 9.59 Å². The average molecular weight is 315 g/mol. The van der Waals surface area contributed by atoms with Crippen molar-refractivity contribution < 1.29 is 14.0 Å². The molecule has 0 bridgehead atoms. The summed E-state index contributed by atoms with van der Waals surface area (Å²) in [5.74, 6) is 0.304. The Morgan fingerprint density at radius 1 is 1.39 bits per heavy atom. The van der Waals surface area contributed by atoms with Gasteiger partial charge in [0.25, 0.3) is 0 Å². The number of oxazole rings is 1. The van der Waals surface area contributed by atoms with Gasteiger partial charge in [-0.3, -0.25) is 9.59 Å². The summed E-state index contributed by atoms with van der Waals surface area (Å²) in [7, 11) is 0. The van der Waals surface area contributed by atoms with E-state index >= 15 is 0 Å². The van der Waals surface area contributed by atoms with Gasteiger partial charge in [-0.05, 0) is 31.9 Å². The number of aromatic nitrogens is 1. The SMILES string of the molecule is CC(=O)N1CCCC(C(=O)NC(C)c2nc3ccccc3o2)C1. The summed E-state index contributed by atoms with van der Waals surface area (Å²) < 4.78 is 5.69. The summed E-state index contributed by atoms with van der Waals surface area (Å²) in [5.41, 5.74) is 1.49. The number of carbonyl (C=O) groups excluding carboxylic acids is 2. The average Bonchev–Trinajstić information content (AvgIpc) is 2.99. The maximum atomic E-state index is 12.4. The van der Waals surface area contributed by atoms with Gasteiger partial charge in [0.05, 0.1) is 5.92 Å². The second kappa shape index (κ2) is 6.40. The van der Waals surface area contributed by atoms with E-state index in [9.17, 15) is 9.59 Å². The fraction of sp³-hybridized carbons (Fsp3) is 0.471. The monoisotopic (exact) mass is 315 g/mol. The van der Waals surface area contributed by atoms with Crippen LogP contribution in [0.2, 0.25) is 0 Å². The molecular formula is C17H21N3O3. The molecule has 2 unspecified atom stereocenters. The van der Waals surface area contributed by atoms with E-state index in [-0.39, 0.29) is 23.8 Å². The van der Waals surface area contributed by atoms with E-state index in [1.165, 1.54) is 0 Å². The molecule has 2 amide bonds. The molecule has 1 aliphatic rings. The lowest BCUT2D eigenvalue weighted by Crippen LogP contribution is -2.45. The van der Waals surface area contributed by atoms with E-state index in [0.29, 0.717) is 18.0 Å². The Hall–Kier alpha value is -2.37. The molecule has 1 aromatic carbocycles. The number of hydrogen-bond acceptors (Lipinski definition) is 4. The maximum absolute atomic E-state index is 12.4. The molecule has 122 valence electrons. The van der Waals surface area contributed by atoms with E-state index in [4.69, 9.17) is 4.42 Å². The van der Waals surface area contributed by atoms with Gasteiger partial charge in [0.15, 0.2) is 5.58 Å². The number of benzene rings is 1. The topological polar surface area (TPSA) is 75.4 Å². The summed E-state index contributed by atoms with van der Waals surface area (Å²) in [5, 5.41) is 2.95. The van der Waals surface area contributed by atoms with Crippen molar-refractivity contribution in [1.82, 2.24) is 15.2 Å². The first-order valence-corrected chi connectivity index (χ1v) is 7.96. The Kier molecular flexibility index (Phi) is 4.32. The zero-order chi connectivity index (χ0) is 16.4. The van der Waals surface area contributed by atoms with Crippen molar-refractivity contribution in [3.05, 3.63) is 30.2 Å². The second-order valence-electron chi connectivity index (χ2n) is 6.05. The van der Waals surface area contributed by atoms with E-state index in [2.05, 4.69) is 10.3 Å². The van der Waals surface area contributed by atoms with Crippen LogP contribution in [0, 0.1) is 5.92 Å². The summed E-state index contributed by atoms with van der Waals surface area (Å²) in [6.07, 6.45) is 1.66. The van der Waals surface area contributed by atoms with Gasteiger partial charge in [-0.2, -0.15) is 0 Å². The van der Waals surface area contributed by atoms with Crippen molar-refractivity contribution in [3.8, 4) is 0 Å². The highest BCUT2D eigenvalue weighted by Crippen LogP contribution is 2.21. The molecule has 1 saturated heterocycles. The van der Waals surface area contributed by atoms with Crippen molar-refractivity contribution in [1.29, 1.82) is 0 Å². The smallest absolute Gasteiger partial charge is 0.225 e. The van der Waals surface area contributed by atoms with Gasteiger partial charge in [-0.1, -0.05) is 12.1 Å². The number of piperidine rings is 1. The number of hydrogen-bond donors (Lipinski definition) is 1. The number of para-hydroxylation sites is 2. The number of nitrogens with zero attached hydrogens (tertiary/aromatic N) is 2. The minimum atomic E-state index is -0.303. The molecule has 2 aromatic rings. The molecule has 1 aliphatic heterocycles. The molecule has 1 aromatic heterocycles. The van der Waals surface area contributed by atoms with Crippen molar-refractivity contribution in [2.75, 3.05) is 13.1 Å². The molecular weight excluding hydrogens is 294 g/mol. The number of likely N-dealkylation sites (tertiary alicyclic amines) is 1. The molecule has 23 heavy (non-hydrogen) atoms. The van der Waals surface area contributed by atoms with Crippen molar-refractivity contribution in [3.63, 3.8) is 0 Å². The highest BCUT2D eigenvalue weighted by Gasteiger charge is 2.28. The van der Waals surface area contributed by atoms with Crippen LogP contribution >= 0.6 is 0 Å². The molecule has 2 atom stereocenters. The van der Waals surface area contributed by atoms with Gasteiger partial charge in [-0.25, -0.2) is 4.98 Å². The van der Waals surface area contributed by atoms with Gasteiger partial charge >= 0.3 is 0 Å². The largest absolute Gasteiger partial charge is 0.438 e. The van der Waals surface area contributed by atoms with Crippen LogP contribution in [0.15, 0.2) is 28.7 Å². The molecule has 6 heteroatoms. The lowest BCUT2D eigenvalue weighted by molar-refractivity contribution is -0.134. The molecule has 1 fully saturated rings. The predicted molar refractivity (Wildman–Crippen MR) is 85.5 cm³/mol. The third-order valence-corrected chi connectivity index (χ3v) is 4.28. The second-order valence-corrected chi connectivity index (χ2v) is 6.05. The van der Waals surface area contributed by atoms with E-state index in [1.807, 2.05) is 31.2 Å².